The van der Waals surface area contributed by atoms with Gasteiger partial charge >= 0.3 is 0 Å². The van der Waals surface area contributed by atoms with Crippen molar-refractivity contribution in [3.8, 4) is 11.5 Å². The maximum Gasteiger partial charge on any atom is 0.258 e. The van der Waals surface area contributed by atoms with Crippen molar-refractivity contribution in [2.45, 2.75) is 38.8 Å². The molecule has 2 aromatic rings. The highest BCUT2D eigenvalue weighted by molar-refractivity contribution is 5.77. The minimum Gasteiger partial charge on any atom is -0.483 e. The van der Waals surface area contributed by atoms with Crippen LogP contribution in [0.3, 0.4) is 0 Å². The van der Waals surface area contributed by atoms with Gasteiger partial charge in [-0.25, -0.2) is 0 Å². The van der Waals surface area contributed by atoms with E-state index in [2.05, 4.69) is 55.3 Å². The van der Waals surface area contributed by atoms with E-state index >= 15 is 0 Å². The van der Waals surface area contributed by atoms with Crippen LogP contribution in [0, 0.1) is 6.92 Å². The third-order valence-corrected chi connectivity index (χ3v) is 4.99. The summed E-state index contributed by atoms with van der Waals surface area (Å²) in [6, 6.07) is 14.3. The van der Waals surface area contributed by atoms with Gasteiger partial charge in [0.2, 0.25) is 0 Å². The van der Waals surface area contributed by atoms with Crippen molar-refractivity contribution in [3.05, 3.63) is 59.2 Å². The Bertz CT molecular complexity index is 828. The van der Waals surface area contributed by atoms with Crippen molar-refractivity contribution >= 4 is 5.91 Å². The van der Waals surface area contributed by atoms with Gasteiger partial charge in [0.1, 0.15) is 5.60 Å². The number of ether oxygens (including phenoxy) is 2. The smallest absolute Gasteiger partial charge is 0.258 e. The number of amides is 1. The van der Waals surface area contributed by atoms with Gasteiger partial charge in [0.05, 0.1) is 6.04 Å². The van der Waals surface area contributed by atoms with Crippen molar-refractivity contribution < 1.29 is 14.3 Å². The van der Waals surface area contributed by atoms with Gasteiger partial charge in [-0.3, -0.25) is 4.79 Å². The van der Waals surface area contributed by atoms with Crippen molar-refractivity contribution in [2.24, 2.45) is 0 Å². The molecule has 0 spiro atoms. The van der Waals surface area contributed by atoms with Gasteiger partial charge < -0.3 is 19.7 Å². The molecular formula is C23H30N2O3. The summed E-state index contributed by atoms with van der Waals surface area (Å²) in [5.74, 6) is 1.24. The number of hydrogen-bond acceptors (Lipinski definition) is 4. The molecule has 1 atom stereocenters. The lowest BCUT2D eigenvalue weighted by molar-refractivity contribution is -0.123. The molecule has 1 amide bonds. The number of nitrogens with one attached hydrogen (secondary N) is 1. The van der Waals surface area contributed by atoms with Crippen molar-refractivity contribution in [1.29, 1.82) is 0 Å². The van der Waals surface area contributed by atoms with E-state index < -0.39 is 0 Å². The van der Waals surface area contributed by atoms with Crippen LogP contribution in [-0.2, 0) is 11.2 Å². The lowest BCUT2D eigenvalue weighted by Crippen LogP contribution is -2.36. The van der Waals surface area contributed by atoms with Crippen LogP contribution in [0.15, 0.2) is 42.5 Å². The average molecular weight is 383 g/mol. The van der Waals surface area contributed by atoms with Crippen LogP contribution in [0.5, 0.6) is 11.5 Å². The standard InChI is InChI=1S/C23H30N2O3/c1-16-9-11-17(12-10-16)19(25(4)5)14-24-21(26)15-27-20-8-6-7-18-13-23(2,3)28-22(18)20/h6-12,19H,13-15H2,1-5H3,(H,24,26). The van der Waals surface area contributed by atoms with E-state index in [4.69, 9.17) is 9.47 Å². The van der Waals surface area contributed by atoms with Gasteiger partial charge in [0.15, 0.2) is 18.1 Å². The predicted molar refractivity (Wildman–Crippen MR) is 111 cm³/mol. The number of fused-ring (bicyclic) bond motifs is 1. The van der Waals surface area contributed by atoms with Gasteiger partial charge in [-0.15, -0.1) is 0 Å². The van der Waals surface area contributed by atoms with Crippen LogP contribution in [0.1, 0.15) is 36.6 Å². The number of rotatable bonds is 7. The third-order valence-electron chi connectivity index (χ3n) is 4.99. The summed E-state index contributed by atoms with van der Waals surface area (Å²) >= 11 is 0. The summed E-state index contributed by atoms with van der Waals surface area (Å²) in [4.78, 5) is 14.5. The maximum absolute atomic E-state index is 12.4. The molecule has 1 aliphatic rings. The fourth-order valence-corrected chi connectivity index (χ4v) is 3.49. The largest absolute Gasteiger partial charge is 0.483 e. The Hall–Kier alpha value is -2.53. The molecule has 0 bridgehead atoms. The molecule has 0 fully saturated rings. The Morgan fingerprint density at radius 3 is 2.61 bits per heavy atom. The van der Waals surface area contributed by atoms with Crippen LogP contribution in [0.4, 0.5) is 0 Å². The van der Waals surface area contributed by atoms with Crippen molar-refractivity contribution in [3.63, 3.8) is 0 Å². The summed E-state index contributed by atoms with van der Waals surface area (Å²) in [5, 5.41) is 2.98. The molecule has 150 valence electrons. The molecule has 0 radical (unpaired) electrons. The first-order valence-electron chi connectivity index (χ1n) is 9.68. The van der Waals surface area contributed by atoms with Crippen LogP contribution >= 0.6 is 0 Å². The number of aryl methyl sites for hydroxylation is 1. The number of nitrogens with zero attached hydrogens (tertiary/aromatic N) is 1. The van der Waals surface area contributed by atoms with Gasteiger partial charge in [0.25, 0.3) is 5.91 Å². The number of para-hydroxylation sites is 1. The molecule has 5 heteroatoms. The van der Waals surface area contributed by atoms with E-state index in [9.17, 15) is 4.79 Å². The lowest BCUT2D eigenvalue weighted by Gasteiger charge is -2.25. The van der Waals surface area contributed by atoms with Gasteiger partial charge in [0, 0.05) is 18.5 Å². The molecule has 5 nitrogen and oxygen atoms in total. The molecule has 0 aliphatic carbocycles. The van der Waals surface area contributed by atoms with Crippen LogP contribution in [0.25, 0.3) is 0 Å². The first kappa shape index (κ1) is 20.2. The number of carbonyl (C=O) groups excluding carboxylic acids is 1. The van der Waals surface area contributed by atoms with E-state index in [1.165, 1.54) is 11.1 Å². The fourth-order valence-electron chi connectivity index (χ4n) is 3.49. The topological polar surface area (TPSA) is 50.8 Å². The zero-order valence-corrected chi connectivity index (χ0v) is 17.4. The summed E-state index contributed by atoms with van der Waals surface area (Å²) < 4.78 is 11.8. The molecule has 0 aromatic heterocycles. The quantitative estimate of drug-likeness (QED) is 0.796. The van der Waals surface area contributed by atoms with E-state index in [0.29, 0.717) is 12.3 Å². The van der Waals surface area contributed by atoms with E-state index in [0.717, 1.165) is 17.7 Å². The highest BCUT2D eigenvalue weighted by atomic mass is 16.5. The molecule has 2 aromatic carbocycles. The van der Waals surface area contributed by atoms with Gasteiger partial charge in [-0.05, 0) is 46.5 Å². The first-order chi connectivity index (χ1) is 13.2. The Morgan fingerprint density at radius 2 is 1.93 bits per heavy atom. The van der Waals surface area contributed by atoms with Crippen LogP contribution < -0.4 is 14.8 Å². The molecule has 1 unspecified atom stereocenters. The second kappa shape index (κ2) is 8.23. The fraction of sp³-hybridized carbons (Fsp3) is 0.435. The number of hydrogen-bond donors (Lipinski definition) is 1. The summed E-state index contributed by atoms with van der Waals surface area (Å²) in [6.45, 7) is 6.66. The van der Waals surface area contributed by atoms with E-state index in [1.807, 2.05) is 32.3 Å². The number of benzene rings is 2. The molecule has 28 heavy (non-hydrogen) atoms. The summed E-state index contributed by atoms with van der Waals surface area (Å²) in [7, 11) is 4.03. The summed E-state index contributed by atoms with van der Waals surface area (Å²) in [6.07, 6.45) is 0.840. The maximum atomic E-state index is 12.4. The molecule has 1 N–H and O–H groups in total. The average Bonchev–Trinajstić information content (AvgIpc) is 2.95. The van der Waals surface area contributed by atoms with Gasteiger partial charge in [-0.1, -0.05) is 42.0 Å². The zero-order valence-electron chi connectivity index (χ0n) is 17.4. The summed E-state index contributed by atoms with van der Waals surface area (Å²) in [5.41, 5.74) is 3.28. The van der Waals surface area contributed by atoms with Gasteiger partial charge in [-0.2, -0.15) is 0 Å². The normalized spacial score (nSPS) is 15.6. The van der Waals surface area contributed by atoms with E-state index in [-0.39, 0.29) is 24.2 Å². The highest BCUT2D eigenvalue weighted by Crippen LogP contribution is 2.41. The Labute approximate surface area is 167 Å². The zero-order chi connectivity index (χ0) is 20.3. The predicted octanol–water partition coefficient (Wildman–Crippen LogP) is 3.51. The Kier molecular flexibility index (Phi) is 5.94. The van der Waals surface area contributed by atoms with Crippen LogP contribution in [-0.4, -0.2) is 43.7 Å². The first-order valence-corrected chi connectivity index (χ1v) is 9.68. The monoisotopic (exact) mass is 382 g/mol. The second-order valence-electron chi connectivity index (χ2n) is 8.27. The molecule has 3 rings (SSSR count). The number of likely N-dealkylation sites (N-methyl/N-ethyl adjacent to an activating group) is 1. The highest BCUT2D eigenvalue weighted by Gasteiger charge is 2.32. The van der Waals surface area contributed by atoms with E-state index in [1.54, 1.807) is 0 Å². The van der Waals surface area contributed by atoms with Crippen molar-refractivity contribution in [2.75, 3.05) is 27.2 Å². The van der Waals surface area contributed by atoms with Crippen molar-refractivity contribution in [1.82, 2.24) is 10.2 Å². The Balaban J connectivity index is 1.56. The Morgan fingerprint density at radius 1 is 1.21 bits per heavy atom. The molecule has 0 saturated heterocycles. The SMILES string of the molecule is Cc1ccc(C(CNC(=O)COc2cccc3c2OC(C)(C)C3)N(C)C)cc1. The van der Waals surface area contributed by atoms with Crippen LogP contribution in [0.2, 0.25) is 0 Å². The minimum absolute atomic E-state index is 0.0334. The second-order valence-corrected chi connectivity index (χ2v) is 8.27. The molecule has 0 saturated carbocycles. The minimum atomic E-state index is -0.239. The number of carbonyl (C=O) groups is 1. The lowest BCUT2D eigenvalue weighted by atomic mass is 10.0. The molecule has 1 heterocycles. The molecule has 1 aliphatic heterocycles. The molecular weight excluding hydrogens is 352 g/mol. The third kappa shape index (κ3) is 4.84.